The first kappa shape index (κ1) is 93.1. The number of phosphoric acid groups is 2. The van der Waals surface area contributed by atoms with Gasteiger partial charge in [-0.1, -0.05) is 343 Å². The Morgan fingerprint density at radius 3 is 0.716 bits per heavy atom. The molecule has 0 spiro atoms. The van der Waals surface area contributed by atoms with Crippen LogP contribution in [0.3, 0.4) is 0 Å². The van der Waals surface area contributed by atoms with Crippen LogP contribution in [0.2, 0.25) is 0 Å². The SMILES string of the molecule is CCCCCCCCCCCCCCCCCCCC(=O)O[C@H](COC(=O)CCCCCCCCCCCCCCC(C)C)COP(=O)(O)OC[C@@H](O)COP(=O)(O)OC[C@@H](COC(=O)CCCCCCCCCC)OC(=O)CCCCCCCCCCCCCCC(C)C. The molecule has 0 aromatic rings. The summed E-state index contributed by atoms with van der Waals surface area (Å²) in [7, 11) is -9.91. The fourth-order valence-electron chi connectivity index (χ4n) is 11.7. The Morgan fingerprint density at radius 1 is 0.284 bits per heavy atom. The number of carbonyl (C=O) groups excluding carboxylic acids is 4. The zero-order chi connectivity index (χ0) is 70.0. The van der Waals surface area contributed by atoms with E-state index in [1.54, 1.807) is 0 Å². The number of rotatable bonds is 75. The Balaban J connectivity index is 5.22. The molecule has 0 radical (unpaired) electrons. The van der Waals surface area contributed by atoms with Gasteiger partial charge in [-0.15, -0.1) is 0 Å². The third-order valence-electron chi connectivity index (χ3n) is 17.7. The van der Waals surface area contributed by atoms with Crippen LogP contribution in [0, 0.1) is 11.8 Å². The molecule has 0 saturated carbocycles. The van der Waals surface area contributed by atoms with Crippen molar-refractivity contribution in [3.05, 3.63) is 0 Å². The summed E-state index contributed by atoms with van der Waals surface area (Å²) in [5.41, 5.74) is 0. The third-order valence-corrected chi connectivity index (χ3v) is 19.6. The van der Waals surface area contributed by atoms with E-state index in [1.165, 1.54) is 205 Å². The van der Waals surface area contributed by atoms with Gasteiger partial charge in [0, 0.05) is 25.7 Å². The van der Waals surface area contributed by atoms with Gasteiger partial charge < -0.3 is 33.8 Å². The van der Waals surface area contributed by atoms with Crippen LogP contribution in [0.15, 0.2) is 0 Å². The summed E-state index contributed by atoms with van der Waals surface area (Å²) < 4.78 is 68.5. The van der Waals surface area contributed by atoms with Crippen molar-refractivity contribution < 1.29 is 80.2 Å². The summed E-state index contributed by atoms with van der Waals surface area (Å²) in [5, 5.41) is 10.6. The van der Waals surface area contributed by atoms with Gasteiger partial charge in [0.05, 0.1) is 26.4 Å². The second-order valence-electron chi connectivity index (χ2n) is 28.3. The van der Waals surface area contributed by atoms with Crippen LogP contribution in [0.25, 0.3) is 0 Å². The van der Waals surface area contributed by atoms with E-state index in [-0.39, 0.29) is 25.7 Å². The molecule has 0 amide bonds. The molecule has 0 aliphatic carbocycles. The molecule has 0 heterocycles. The number of esters is 4. The maximum atomic E-state index is 13.1. The molecule has 19 heteroatoms. The molecule has 2 unspecified atom stereocenters. The van der Waals surface area contributed by atoms with Crippen LogP contribution >= 0.6 is 15.6 Å². The topological polar surface area (TPSA) is 237 Å². The highest BCUT2D eigenvalue weighted by molar-refractivity contribution is 7.47. The predicted octanol–water partition coefficient (Wildman–Crippen LogP) is 22.3. The van der Waals surface area contributed by atoms with Crippen LogP contribution in [0.4, 0.5) is 0 Å². The van der Waals surface area contributed by atoms with Crippen molar-refractivity contribution in [2.75, 3.05) is 39.6 Å². The minimum absolute atomic E-state index is 0.107. The monoisotopic (exact) mass is 1400 g/mol. The lowest BCUT2D eigenvalue weighted by molar-refractivity contribution is -0.161. The van der Waals surface area contributed by atoms with Gasteiger partial charge in [0.2, 0.25) is 0 Å². The van der Waals surface area contributed by atoms with Gasteiger partial charge in [-0.05, 0) is 37.5 Å². The molecular weight excluding hydrogens is 1250 g/mol. The van der Waals surface area contributed by atoms with E-state index in [2.05, 4.69) is 41.5 Å². The maximum absolute atomic E-state index is 13.1. The van der Waals surface area contributed by atoms with Crippen LogP contribution in [-0.4, -0.2) is 96.7 Å². The summed E-state index contributed by atoms with van der Waals surface area (Å²) in [6.45, 7) is 9.60. The fraction of sp³-hybridized carbons (Fsp3) is 0.947. The first-order valence-corrected chi connectivity index (χ1v) is 42.5. The Hall–Kier alpha value is -1.94. The van der Waals surface area contributed by atoms with Crippen LogP contribution < -0.4 is 0 Å². The van der Waals surface area contributed by atoms with Crippen molar-refractivity contribution >= 4 is 39.5 Å². The normalized spacial score (nSPS) is 14.0. The molecule has 0 fully saturated rings. The highest BCUT2D eigenvalue weighted by atomic mass is 31.2. The summed E-state index contributed by atoms with van der Waals surface area (Å²) in [5.74, 6) is -0.558. The van der Waals surface area contributed by atoms with Gasteiger partial charge in [0.1, 0.15) is 19.3 Å². The number of aliphatic hydroxyl groups excluding tert-OH is 1. The summed E-state index contributed by atoms with van der Waals surface area (Å²) >= 11 is 0. The molecule has 0 aliphatic rings. The average Bonchev–Trinajstić information content (AvgIpc) is 3.20. The van der Waals surface area contributed by atoms with E-state index in [1.807, 2.05) is 0 Å². The maximum Gasteiger partial charge on any atom is 0.472 e. The number of hydrogen-bond acceptors (Lipinski definition) is 15. The second kappa shape index (κ2) is 67.9. The number of unbranched alkanes of at least 4 members (excludes halogenated alkanes) is 45. The van der Waals surface area contributed by atoms with E-state index >= 15 is 0 Å². The van der Waals surface area contributed by atoms with E-state index in [0.29, 0.717) is 25.7 Å². The third kappa shape index (κ3) is 70.3. The molecule has 95 heavy (non-hydrogen) atoms. The smallest absolute Gasteiger partial charge is 0.462 e. The van der Waals surface area contributed by atoms with Gasteiger partial charge in [-0.2, -0.15) is 0 Å². The Morgan fingerprint density at radius 2 is 0.484 bits per heavy atom. The van der Waals surface area contributed by atoms with Crippen molar-refractivity contribution in [1.29, 1.82) is 0 Å². The van der Waals surface area contributed by atoms with Gasteiger partial charge in [0.25, 0.3) is 0 Å². The fourth-order valence-corrected chi connectivity index (χ4v) is 13.2. The molecule has 3 N–H and O–H groups in total. The zero-order valence-corrected chi connectivity index (χ0v) is 63.8. The molecule has 0 rings (SSSR count). The van der Waals surface area contributed by atoms with Crippen molar-refractivity contribution in [1.82, 2.24) is 0 Å². The van der Waals surface area contributed by atoms with E-state index in [0.717, 1.165) is 108 Å². The lowest BCUT2D eigenvalue weighted by Gasteiger charge is -2.21. The first-order valence-electron chi connectivity index (χ1n) is 39.5. The molecule has 0 bridgehead atoms. The quantitative estimate of drug-likeness (QED) is 0.0222. The van der Waals surface area contributed by atoms with Crippen molar-refractivity contribution in [2.45, 2.75) is 413 Å². The van der Waals surface area contributed by atoms with Crippen molar-refractivity contribution in [3.8, 4) is 0 Å². The van der Waals surface area contributed by atoms with Gasteiger partial charge >= 0.3 is 39.5 Å². The van der Waals surface area contributed by atoms with Crippen LogP contribution in [0.5, 0.6) is 0 Å². The largest absolute Gasteiger partial charge is 0.472 e. The predicted molar refractivity (Wildman–Crippen MR) is 386 cm³/mol. The summed E-state index contributed by atoms with van der Waals surface area (Å²) in [4.78, 5) is 72.8. The number of hydrogen-bond donors (Lipinski definition) is 3. The van der Waals surface area contributed by atoms with Gasteiger partial charge in [-0.25, -0.2) is 9.13 Å². The molecule has 564 valence electrons. The van der Waals surface area contributed by atoms with Gasteiger partial charge in [0.15, 0.2) is 12.2 Å². The molecule has 5 atom stereocenters. The summed E-state index contributed by atoms with van der Waals surface area (Å²) in [6.07, 6.45) is 55.5. The molecule has 0 aliphatic heterocycles. The Kier molecular flexibility index (Phi) is 66.5. The molecule has 0 aromatic carbocycles. The molecule has 17 nitrogen and oxygen atoms in total. The molecule has 0 saturated heterocycles. The summed E-state index contributed by atoms with van der Waals surface area (Å²) in [6, 6.07) is 0. The minimum Gasteiger partial charge on any atom is -0.462 e. The second-order valence-corrected chi connectivity index (χ2v) is 31.3. The number of phosphoric ester groups is 2. The molecular formula is C76H148O17P2. The lowest BCUT2D eigenvalue weighted by Crippen LogP contribution is -2.30. The zero-order valence-electron chi connectivity index (χ0n) is 62.0. The van der Waals surface area contributed by atoms with E-state index < -0.39 is 97.5 Å². The minimum atomic E-state index is -4.96. The number of carbonyl (C=O) groups is 4. The molecule has 0 aromatic heterocycles. The van der Waals surface area contributed by atoms with Gasteiger partial charge in [-0.3, -0.25) is 37.3 Å². The standard InChI is InChI=1S/C76H148O17P2/c1-7-9-11-13-15-17-18-19-20-21-22-23-31-36-42-48-54-60-75(80)93-72(65-87-74(79)59-53-47-41-35-30-26-24-28-33-38-44-50-56-68(3)4)67-91-95(84,85)89-63-70(77)62-88-94(82,83)90-66-71(64-86-73(78)58-52-46-40-16-14-12-10-8-2)92-76(81)61-55-49-43-37-32-27-25-29-34-39-45-51-57-69(5)6/h68-72,77H,7-67H2,1-6H3,(H,82,83)(H,84,85)/t70-,71+,72+/m0/s1. The van der Waals surface area contributed by atoms with E-state index in [4.69, 9.17) is 37.0 Å². The number of ether oxygens (including phenoxy) is 4. The first-order chi connectivity index (χ1) is 45.9. The number of aliphatic hydroxyl groups is 1. The average molecular weight is 1400 g/mol. The van der Waals surface area contributed by atoms with Crippen molar-refractivity contribution in [2.24, 2.45) is 11.8 Å². The van der Waals surface area contributed by atoms with Crippen molar-refractivity contribution in [3.63, 3.8) is 0 Å². The Labute approximate surface area is 581 Å². The van der Waals surface area contributed by atoms with E-state index in [9.17, 15) is 43.2 Å². The van der Waals surface area contributed by atoms with Crippen LogP contribution in [-0.2, 0) is 65.4 Å². The highest BCUT2D eigenvalue weighted by Gasteiger charge is 2.30. The van der Waals surface area contributed by atoms with Crippen LogP contribution in [0.1, 0.15) is 395 Å². The lowest BCUT2D eigenvalue weighted by atomic mass is 10.0. The Bertz CT molecular complexity index is 1840. The highest BCUT2D eigenvalue weighted by Crippen LogP contribution is 2.45.